The number of nitrogens with zero attached hydrogens (tertiary/aromatic N) is 1. The molecule has 7 heteroatoms. The van der Waals surface area contributed by atoms with Crippen molar-refractivity contribution in [1.29, 1.82) is 0 Å². The molecule has 29 heavy (non-hydrogen) atoms. The van der Waals surface area contributed by atoms with Gasteiger partial charge in [0.1, 0.15) is 6.61 Å². The number of rotatable bonds is 10. The van der Waals surface area contributed by atoms with Crippen molar-refractivity contribution in [1.82, 2.24) is 0 Å². The maximum Gasteiger partial charge on any atom is 0.306 e. The lowest BCUT2D eigenvalue weighted by atomic mass is 10.1. The fraction of sp³-hybridized carbons (Fsp3) is 0.318. The van der Waals surface area contributed by atoms with E-state index in [9.17, 15) is 14.4 Å². The zero-order valence-electron chi connectivity index (χ0n) is 16.7. The Bertz CT molecular complexity index is 806. The average molecular weight is 398 g/mol. The van der Waals surface area contributed by atoms with Crippen LogP contribution in [0.3, 0.4) is 0 Å². The normalized spacial score (nSPS) is 10.3. The van der Waals surface area contributed by atoms with Gasteiger partial charge < -0.3 is 19.7 Å². The van der Waals surface area contributed by atoms with Crippen LogP contribution >= 0.6 is 0 Å². The van der Waals surface area contributed by atoms with E-state index in [2.05, 4.69) is 5.32 Å². The molecule has 1 N–H and O–H groups in total. The Morgan fingerprint density at radius 1 is 0.931 bits per heavy atom. The summed E-state index contributed by atoms with van der Waals surface area (Å²) in [7, 11) is 1.52. The van der Waals surface area contributed by atoms with Crippen LogP contribution in [-0.4, -0.2) is 44.7 Å². The topological polar surface area (TPSA) is 84.9 Å². The van der Waals surface area contributed by atoms with E-state index in [1.165, 1.54) is 7.11 Å². The van der Waals surface area contributed by atoms with Crippen LogP contribution in [0.4, 0.5) is 11.4 Å². The van der Waals surface area contributed by atoms with Gasteiger partial charge in [-0.1, -0.05) is 18.2 Å². The first kappa shape index (κ1) is 22.1. The Hall–Kier alpha value is -3.19. The van der Waals surface area contributed by atoms with E-state index in [0.29, 0.717) is 24.4 Å². The van der Waals surface area contributed by atoms with Crippen LogP contribution in [0.2, 0.25) is 0 Å². The van der Waals surface area contributed by atoms with Crippen molar-refractivity contribution in [3.05, 3.63) is 60.2 Å². The van der Waals surface area contributed by atoms with E-state index in [0.717, 1.165) is 5.69 Å². The fourth-order valence-corrected chi connectivity index (χ4v) is 2.65. The van der Waals surface area contributed by atoms with Gasteiger partial charge in [0.2, 0.25) is 5.91 Å². The van der Waals surface area contributed by atoms with Gasteiger partial charge in [-0.2, -0.15) is 0 Å². The van der Waals surface area contributed by atoms with Gasteiger partial charge in [0.05, 0.1) is 13.0 Å². The summed E-state index contributed by atoms with van der Waals surface area (Å²) in [5, 5.41) is 2.71. The van der Waals surface area contributed by atoms with Crippen LogP contribution in [-0.2, 0) is 19.1 Å². The molecule has 7 nitrogen and oxygen atoms in total. The summed E-state index contributed by atoms with van der Waals surface area (Å²) < 4.78 is 9.70. The summed E-state index contributed by atoms with van der Waals surface area (Å²) in [4.78, 5) is 37.9. The number of benzene rings is 2. The van der Waals surface area contributed by atoms with Crippen molar-refractivity contribution < 1.29 is 23.9 Å². The van der Waals surface area contributed by atoms with Crippen molar-refractivity contribution >= 4 is 29.2 Å². The van der Waals surface area contributed by atoms with Crippen molar-refractivity contribution in [2.75, 3.05) is 37.1 Å². The van der Waals surface area contributed by atoms with E-state index in [1.54, 1.807) is 29.2 Å². The van der Waals surface area contributed by atoms with Crippen LogP contribution in [0.15, 0.2) is 54.6 Å². The summed E-state index contributed by atoms with van der Waals surface area (Å²) in [5.74, 6) is -0.860. The first-order chi connectivity index (χ1) is 14.0. The molecule has 0 radical (unpaired) electrons. The van der Waals surface area contributed by atoms with Crippen LogP contribution in [0.5, 0.6) is 0 Å². The minimum absolute atomic E-state index is 0.00530. The number of hydrogen-bond acceptors (Lipinski definition) is 5. The first-order valence-electron chi connectivity index (χ1n) is 9.46. The zero-order chi connectivity index (χ0) is 21.1. The molecule has 2 rings (SSSR count). The van der Waals surface area contributed by atoms with E-state index < -0.39 is 5.97 Å². The molecule has 0 bridgehead atoms. The second kappa shape index (κ2) is 11.6. The molecule has 2 aromatic rings. The molecule has 0 fully saturated rings. The molecule has 0 unspecified atom stereocenters. The Labute approximate surface area is 170 Å². The van der Waals surface area contributed by atoms with Gasteiger partial charge >= 0.3 is 5.97 Å². The highest BCUT2D eigenvalue weighted by Crippen LogP contribution is 2.18. The number of esters is 1. The van der Waals surface area contributed by atoms with E-state index in [4.69, 9.17) is 9.47 Å². The van der Waals surface area contributed by atoms with Gasteiger partial charge in [0, 0.05) is 37.0 Å². The zero-order valence-corrected chi connectivity index (χ0v) is 16.7. The van der Waals surface area contributed by atoms with E-state index in [-0.39, 0.29) is 31.3 Å². The third-order valence-corrected chi connectivity index (χ3v) is 4.15. The minimum atomic E-state index is -0.446. The number of carbonyl (C=O) groups excluding carboxylic acids is 3. The molecule has 2 aromatic carbocycles. The molecule has 0 heterocycles. The van der Waals surface area contributed by atoms with Gasteiger partial charge in [-0.25, -0.2) is 0 Å². The second-order valence-electron chi connectivity index (χ2n) is 6.22. The molecule has 0 aliphatic heterocycles. The van der Waals surface area contributed by atoms with Crippen molar-refractivity contribution in [2.24, 2.45) is 0 Å². The number of hydrogen-bond donors (Lipinski definition) is 1. The number of ether oxygens (including phenoxy) is 2. The first-order valence-corrected chi connectivity index (χ1v) is 9.46. The van der Waals surface area contributed by atoms with Gasteiger partial charge in [0.25, 0.3) is 5.91 Å². The molecule has 0 aromatic heterocycles. The smallest absolute Gasteiger partial charge is 0.306 e. The molecule has 0 saturated heterocycles. The molecular formula is C22H26N2O5. The number of para-hydroxylation sites is 1. The number of nitrogens with one attached hydrogen (secondary N) is 1. The van der Waals surface area contributed by atoms with Gasteiger partial charge in [-0.05, 0) is 43.3 Å². The predicted octanol–water partition coefficient (Wildman–Crippen LogP) is 3.26. The molecule has 0 spiro atoms. The summed E-state index contributed by atoms with van der Waals surface area (Å²) in [6.45, 7) is 2.95. The Kier molecular flexibility index (Phi) is 8.85. The maximum atomic E-state index is 12.8. The number of amides is 2. The highest BCUT2D eigenvalue weighted by atomic mass is 16.6. The Balaban J connectivity index is 1.88. The number of anilines is 2. The highest BCUT2D eigenvalue weighted by Gasteiger charge is 2.16. The minimum Gasteiger partial charge on any atom is -0.463 e. The monoisotopic (exact) mass is 398 g/mol. The highest BCUT2D eigenvalue weighted by molar-refractivity contribution is 6.06. The molecular weight excluding hydrogens is 372 g/mol. The lowest BCUT2D eigenvalue weighted by molar-refractivity contribution is -0.145. The Morgan fingerprint density at radius 3 is 2.24 bits per heavy atom. The van der Waals surface area contributed by atoms with Crippen molar-refractivity contribution in [3.8, 4) is 0 Å². The van der Waals surface area contributed by atoms with E-state index in [1.807, 2.05) is 37.3 Å². The van der Waals surface area contributed by atoms with Crippen LogP contribution < -0.4 is 10.2 Å². The predicted molar refractivity (Wildman–Crippen MR) is 111 cm³/mol. The quantitative estimate of drug-likeness (QED) is 0.490. The third-order valence-electron chi connectivity index (χ3n) is 4.15. The lowest BCUT2D eigenvalue weighted by Crippen LogP contribution is -2.30. The number of methoxy groups -OCH3 is 1. The molecule has 0 aliphatic rings. The molecule has 0 saturated carbocycles. The largest absolute Gasteiger partial charge is 0.463 e. The second-order valence-corrected chi connectivity index (χ2v) is 6.22. The summed E-state index contributed by atoms with van der Waals surface area (Å²) >= 11 is 0. The lowest BCUT2D eigenvalue weighted by Gasteiger charge is -2.21. The van der Waals surface area contributed by atoms with Crippen molar-refractivity contribution in [3.63, 3.8) is 0 Å². The maximum absolute atomic E-state index is 12.8. The molecule has 0 aliphatic carbocycles. The average Bonchev–Trinajstić information content (AvgIpc) is 2.74. The fourth-order valence-electron chi connectivity index (χ4n) is 2.65. The summed E-state index contributed by atoms with van der Waals surface area (Å²) in [5.41, 5.74) is 1.91. The van der Waals surface area contributed by atoms with E-state index >= 15 is 0 Å². The molecule has 0 atom stereocenters. The van der Waals surface area contributed by atoms with Crippen molar-refractivity contribution in [2.45, 2.75) is 19.8 Å². The third kappa shape index (κ3) is 7.04. The summed E-state index contributed by atoms with van der Waals surface area (Å²) in [6, 6.07) is 16.1. The van der Waals surface area contributed by atoms with Crippen LogP contribution in [0.25, 0.3) is 0 Å². The summed E-state index contributed by atoms with van der Waals surface area (Å²) in [6.07, 6.45) is 0.0127. The molecule has 2 amide bonds. The van der Waals surface area contributed by atoms with Gasteiger partial charge in [-0.15, -0.1) is 0 Å². The van der Waals surface area contributed by atoms with Gasteiger partial charge in [-0.3, -0.25) is 14.4 Å². The standard InChI is InChI=1S/C22H26N2O5/c1-3-24(19-7-5-4-6-8-19)22(27)17-9-11-18(12-10-17)23-20(25)13-14-21(26)29-16-15-28-2/h4-12H,3,13-16H2,1-2H3,(H,23,25). The van der Waals surface area contributed by atoms with Crippen LogP contribution in [0.1, 0.15) is 30.1 Å². The Morgan fingerprint density at radius 2 is 1.62 bits per heavy atom. The number of carbonyl (C=O) groups is 3. The SMILES string of the molecule is CCN(C(=O)c1ccc(NC(=O)CCC(=O)OCCOC)cc1)c1ccccc1. The molecule has 154 valence electrons. The van der Waals surface area contributed by atoms with Gasteiger partial charge in [0.15, 0.2) is 0 Å². The van der Waals surface area contributed by atoms with Crippen LogP contribution in [0, 0.1) is 0 Å².